The molecule has 0 atom stereocenters. The second-order valence-electron chi connectivity index (χ2n) is 3.54. The molecule has 3 nitrogen and oxygen atoms in total. The van der Waals surface area contributed by atoms with E-state index < -0.39 is 11.6 Å². The number of hydrogen-bond acceptors (Lipinski definition) is 3. The zero-order valence-corrected chi connectivity index (χ0v) is 10.6. The summed E-state index contributed by atoms with van der Waals surface area (Å²) in [6.07, 6.45) is 1.16. The van der Waals surface area contributed by atoms with Crippen LogP contribution in [0.5, 0.6) is 0 Å². The van der Waals surface area contributed by atoms with Gasteiger partial charge in [-0.1, -0.05) is 11.6 Å². The molecule has 0 spiro atoms. The first-order chi connectivity index (χ1) is 8.61. The Morgan fingerprint density at radius 2 is 1.94 bits per heavy atom. The predicted octanol–water partition coefficient (Wildman–Crippen LogP) is 3.84. The van der Waals surface area contributed by atoms with Gasteiger partial charge in [-0.25, -0.2) is 8.78 Å². The quantitative estimate of drug-likeness (QED) is 0.635. The van der Waals surface area contributed by atoms with Gasteiger partial charge >= 0.3 is 0 Å². The molecule has 1 aromatic carbocycles. The van der Waals surface area contributed by atoms with Gasteiger partial charge in [0.05, 0.1) is 10.6 Å². The molecular weight excluding hydrogens is 285 g/mol. The summed E-state index contributed by atoms with van der Waals surface area (Å²) in [7, 11) is 0. The van der Waals surface area contributed by atoms with E-state index in [4.69, 9.17) is 27.6 Å². The molecule has 0 fully saturated rings. The molecule has 2 aromatic rings. The summed E-state index contributed by atoms with van der Waals surface area (Å²) in [4.78, 5) is 0. The van der Waals surface area contributed by atoms with Crippen molar-refractivity contribution >= 4 is 23.2 Å². The van der Waals surface area contributed by atoms with Gasteiger partial charge in [0, 0.05) is 12.3 Å². The van der Waals surface area contributed by atoms with Crippen molar-refractivity contribution in [1.82, 2.24) is 10.2 Å². The third-order valence-corrected chi connectivity index (χ3v) is 2.79. The van der Waals surface area contributed by atoms with Gasteiger partial charge in [0.25, 0.3) is 5.89 Å². The highest BCUT2D eigenvalue weighted by atomic mass is 35.5. The maximum absolute atomic E-state index is 13.6. The first kappa shape index (κ1) is 13.2. The molecule has 1 aromatic heterocycles. The van der Waals surface area contributed by atoms with Gasteiger partial charge in [-0.05, 0) is 18.6 Å². The van der Waals surface area contributed by atoms with Crippen molar-refractivity contribution in [2.24, 2.45) is 0 Å². The zero-order valence-electron chi connectivity index (χ0n) is 9.09. The maximum atomic E-state index is 13.6. The number of nitrogens with zero attached hydrogens (tertiary/aromatic N) is 2. The van der Waals surface area contributed by atoms with Crippen molar-refractivity contribution in [1.29, 1.82) is 0 Å². The topological polar surface area (TPSA) is 38.9 Å². The molecule has 1 heterocycles. The van der Waals surface area contributed by atoms with Crippen LogP contribution in [0.2, 0.25) is 5.02 Å². The molecule has 0 saturated heterocycles. The van der Waals surface area contributed by atoms with Crippen molar-refractivity contribution in [2.45, 2.75) is 12.8 Å². The highest BCUT2D eigenvalue weighted by molar-refractivity contribution is 6.30. The fourth-order valence-corrected chi connectivity index (χ4v) is 1.65. The Morgan fingerprint density at radius 3 is 2.67 bits per heavy atom. The summed E-state index contributed by atoms with van der Waals surface area (Å²) in [5.41, 5.74) is -0.110. The molecule has 7 heteroatoms. The molecule has 0 aliphatic heterocycles. The molecule has 0 bridgehead atoms. The monoisotopic (exact) mass is 292 g/mol. The number of benzene rings is 1. The van der Waals surface area contributed by atoms with Crippen molar-refractivity contribution in [3.63, 3.8) is 0 Å². The SMILES string of the molecule is Fc1cc(-c2nnc(CCCCl)o2)c(F)cc1Cl. The minimum Gasteiger partial charge on any atom is -0.421 e. The van der Waals surface area contributed by atoms with Gasteiger partial charge in [0.1, 0.15) is 11.6 Å². The van der Waals surface area contributed by atoms with Crippen LogP contribution in [-0.2, 0) is 6.42 Å². The molecule has 0 N–H and O–H groups in total. The van der Waals surface area contributed by atoms with Crippen LogP contribution in [0.15, 0.2) is 16.5 Å². The molecular formula is C11H8Cl2F2N2O. The van der Waals surface area contributed by atoms with Crippen LogP contribution in [0, 0.1) is 11.6 Å². The van der Waals surface area contributed by atoms with Crippen LogP contribution in [0.25, 0.3) is 11.5 Å². The predicted molar refractivity (Wildman–Crippen MR) is 63.7 cm³/mol. The first-order valence-electron chi connectivity index (χ1n) is 5.15. The Balaban J connectivity index is 2.31. The fraction of sp³-hybridized carbons (Fsp3) is 0.273. The van der Waals surface area contributed by atoms with Gasteiger partial charge < -0.3 is 4.42 Å². The maximum Gasteiger partial charge on any atom is 0.250 e. The summed E-state index contributed by atoms with van der Waals surface area (Å²) < 4.78 is 32.0. The second-order valence-corrected chi connectivity index (χ2v) is 4.32. The second kappa shape index (κ2) is 5.63. The Kier molecular flexibility index (Phi) is 4.14. The van der Waals surface area contributed by atoms with E-state index in [9.17, 15) is 8.78 Å². The fourth-order valence-electron chi connectivity index (χ4n) is 1.37. The molecule has 0 radical (unpaired) electrons. The Morgan fingerprint density at radius 1 is 1.17 bits per heavy atom. The van der Waals surface area contributed by atoms with E-state index in [1.807, 2.05) is 0 Å². The van der Waals surface area contributed by atoms with Gasteiger partial charge in [-0.15, -0.1) is 21.8 Å². The Bertz CT molecular complexity index is 560. The minimum absolute atomic E-state index is 0.0763. The lowest BCUT2D eigenvalue weighted by molar-refractivity contribution is 0.497. The van der Waals surface area contributed by atoms with Crippen LogP contribution in [0.4, 0.5) is 8.78 Å². The Hall–Kier alpha value is -1.20. The summed E-state index contributed by atoms with van der Waals surface area (Å²) >= 11 is 11.0. The van der Waals surface area contributed by atoms with Crippen molar-refractivity contribution < 1.29 is 13.2 Å². The van der Waals surface area contributed by atoms with Crippen molar-refractivity contribution in [3.05, 3.63) is 34.7 Å². The van der Waals surface area contributed by atoms with Crippen LogP contribution < -0.4 is 0 Å². The average molecular weight is 293 g/mol. The average Bonchev–Trinajstić information content (AvgIpc) is 2.79. The first-order valence-corrected chi connectivity index (χ1v) is 6.06. The van der Waals surface area contributed by atoms with E-state index in [-0.39, 0.29) is 16.5 Å². The van der Waals surface area contributed by atoms with Crippen LogP contribution in [0.3, 0.4) is 0 Å². The van der Waals surface area contributed by atoms with Gasteiger partial charge in [-0.3, -0.25) is 0 Å². The van der Waals surface area contributed by atoms with E-state index in [2.05, 4.69) is 10.2 Å². The molecule has 0 saturated carbocycles. The van der Waals surface area contributed by atoms with E-state index in [0.29, 0.717) is 24.6 Å². The lowest BCUT2D eigenvalue weighted by atomic mass is 10.2. The molecule has 0 aliphatic rings. The number of rotatable bonds is 4. The van der Waals surface area contributed by atoms with E-state index >= 15 is 0 Å². The summed E-state index contributed by atoms with van der Waals surface area (Å²) in [5.74, 6) is -0.739. The van der Waals surface area contributed by atoms with Gasteiger partial charge in [0.15, 0.2) is 0 Å². The Labute approximate surface area is 112 Å². The lowest BCUT2D eigenvalue weighted by Gasteiger charge is -1.99. The standard InChI is InChI=1S/C11H8Cl2F2N2O/c12-3-1-2-10-16-17-11(18-10)6-4-9(15)7(13)5-8(6)14/h4-5H,1-3H2. The largest absolute Gasteiger partial charge is 0.421 e. The number of aromatic nitrogens is 2. The zero-order chi connectivity index (χ0) is 13.1. The highest BCUT2D eigenvalue weighted by Crippen LogP contribution is 2.27. The number of alkyl halides is 1. The van der Waals surface area contributed by atoms with Crippen LogP contribution >= 0.6 is 23.2 Å². The van der Waals surface area contributed by atoms with E-state index in [0.717, 1.165) is 12.1 Å². The normalized spacial score (nSPS) is 10.9. The molecule has 0 aliphatic carbocycles. The van der Waals surface area contributed by atoms with Crippen molar-refractivity contribution in [2.75, 3.05) is 5.88 Å². The molecule has 0 unspecified atom stereocenters. The molecule has 18 heavy (non-hydrogen) atoms. The number of hydrogen-bond donors (Lipinski definition) is 0. The van der Waals surface area contributed by atoms with Gasteiger partial charge in [0.2, 0.25) is 5.89 Å². The summed E-state index contributed by atoms with van der Waals surface area (Å²) in [6, 6.07) is 1.80. The summed E-state index contributed by atoms with van der Waals surface area (Å²) in [6.45, 7) is 0. The number of halogens is 4. The summed E-state index contributed by atoms with van der Waals surface area (Å²) in [5, 5.41) is 7.09. The minimum atomic E-state index is -0.742. The smallest absolute Gasteiger partial charge is 0.250 e. The van der Waals surface area contributed by atoms with E-state index in [1.165, 1.54) is 0 Å². The van der Waals surface area contributed by atoms with Crippen LogP contribution in [0.1, 0.15) is 12.3 Å². The molecule has 0 amide bonds. The number of aryl methyl sites for hydroxylation is 1. The van der Waals surface area contributed by atoms with Gasteiger partial charge in [-0.2, -0.15) is 0 Å². The van der Waals surface area contributed by atoms with Crippen LogP contribution in [-0.4, -0.2) is 16.1 Å². The van der Waals surface area contributed by atoms with E-state index in [1.54, 1.807) is 0 Å². The third kappa shape index (κ3) is 2.79. The van der Waals surface area contributed by atoms with Crippen molar-refractivity contribution in [3.8, 4) is 11.5 Å². The third-order valence-electron chi connectivity index (χ3n) is 2.23. The molecule has 2 rings (SSSR count). The highest BCUT2D eigenvalue weighted by Gasteiger charge is 2.16. The molecule has 96 valence electrons. The lowest BCUT2D eigenvalue weighted by Crippen LogP contribution is -1.88.